The van der Waals surface area contributed by atoms with Crippen LogP contribution in [0.4, 0.5) is 0 Å². The van der Waals surface area contributed by atoms with Gasteiger partial charge in [0.05, 0.1) is 25.3 Å². The maximum Gasteiger partial charge on any atom is 0.261 e. The van der Waals surface area contributed by atoms with E-state index in [-0.39, 0.29) is 11.8 Å². The van der Waals surface area contributed by atoms with Gasteiger partial charge in [0.1, 0.15) is 11.5 Å². The number of benzene rings is 2. The number of ether oxygens (including phenoxy) is 2. The summed E-state index contributed by atoms with van der Waals surface area (Å²) in [5.74, 6) is 1.22. The minimum atomic E-state index is -0.195. The van der Waals surface area contributed by atoms with E-state index >= 15 is 0 Å². The summed E-state index contributed by atoms with van der Waals surface area (Å²) >= 11 is 0. The molecule has 0 bridgehead atoms. The van der Waals surface area contributed by atoms with Crippen molar-refractivity contribution in [3.05, 3.63) is 59.2 Å². The van der Waals surface area contributed by atoms with E-state index in [1.165, 1.54) is 4.90 Å². The Bertz CT molecular complexity index is 765. The number of rotatable bonds is 7. The molecule has 5 nitrogen and oxygen atoms in total. The molecule has 2 aromatic rings. The van der Waals surface area contributed by atoms with Crippen molar-refractivity contribution in [2.24, 2.45) is 0 Å². The van der Waals surface area contributed by atoms with Crippen LogP contribution in [0.15, 0.2) is 42.5 Å². The highest BCUT2D eigenvalue weighted by atomic mass is 16.5. The van der Waals surface area contributed by atoms with Crippen molar-refractivity contribution in [1.29, 1.82) is 0 Å². The summed E-state index contributed by atoms with van der Waals surface area (Å²) in [5, 5.41) is 0. The van der Waals surface area contributed by atoms with E-state index in [9.17, 15) is 9.59 Å². The second-order valence-corrected chi connectivity index (χ2v) is 5.94. The number of nitrogens with zero attached hydrogens (tertiary/aromatic N) is 1. The first-order chi connectivity index (χ1) is 12.2. The number of hydrogen-bond donors (Lipinski definition) is 0. The van der Waals surface area contributed by atoms with Crippen LogP contribution in [-0.2, 0) is 6.42 Å². The number of amides is 2. The fraction of sp³-hybridized carbons (Fsp3) is 0.300. The third kappa shape index (κ3) is 3.36. The molecule has 0 spiro atoms. The smallest absolute Gasteiger partial charge is 0.261 e. The molecule has 25 heavy (non-hydrogen) atoms. The summed E-state index contributed by atoms with van der Waals surface area (Å²) in [6.07, 6.45) is 2.38. The Balaban J connectivity index is 1.58. The van der Waals surface area contributed by atoms with Crippen LogP contribution in [0.2, 0.25) is 0 Å². The van der Waals surface area contributed by atoms with Gasteiger partial charge in [-0.25, -0.2) is 0 Å². The van der Waals surface area contributed by atoms with E-state index in [0.29, 0.717) is 17.7 Å². The van der Waals surface area contributed by atoms with E-state index < -0.39 is 0 Å². The van der Waals surface area contributed by atoms with Crippen molar-refractivity contribution in [2.75, 3.05) is 20.8 Å². The van der Waals surface area contributed by atoms with Gasteiger partial charge in [-0.2, -0.15) is 0 Å². The summed E-state index contributed by atoms with van der Waals surface area (Å²) in [6, 6.07) is 12.7. The summed E-state index contributed by atoms with van der Waals surface area (Å²) in [5.41, 5.74) is 2.06. The Morgan fingerprint density at radius 2 is 1.56 bits per heavy atom. The molecule has 2 amide bonds. The lowest BCUT2D eigenvalue weighted by Crippen LogP contribution is -2.30. The highest BCUT2D eigenvalue weighted by Gasteiger charge is 2.34. The number of fused-ring (bicyclic) bond motifs is 1. The lowest BCUT2D eigenvalue weighted by molar-refractivity contribution is 0.0652. The largest absolute Gasteiger partial charge is 0.497 e. The number of methoxy groups -OCH3 is 2. The van der Waals surface area contributed by atoms with Gasteiger partial charge in [-0.1, -0.05) is 12.1 Å². The number of carbonyl (C=O) groups excluding carboxylic acids is 2. The molecule has 0 saturated carbocycles. The Kier molecular flexibility index (Phi) is 5.03. The van der Waals surface area contributed by atoms with Gasteiger partial charge in [0, 0.05) is 6.54 Å². The molecule has 0 unspecified atom stereocenters. The van der Waals surface area contributed by atoms with Crippen LogP contribution in [-0.4, -0.2) is 37.5 Å². The van der Waals surface area contributed by atoms with Crippen molar-refractivity contribution in [1.82, 2.24) is 4.90 Å². The highest BCUT2D eigenvalue weighted by molar-refractivity contribution is 6.21. The Hall–Kier alpha value is -2.82. The minimum absolute atomic E-state index is 0.195. The quantitative estimate of drug-likeness (QED) is 0.573. The van der Waals surface area contributed by atoms with Gasteiger partial charge < -0.3 is 9.47 Å². The molecule has 1 aliphatic rings. The third-order valence-electron chi connectivity index (χ3n) is 4.44. The van der Waals surface area contributed by atoms with Crippen LogP contribution in [0, 0.1) is 0 Å². The first-order valence-electron chi connectivity index (χ1n) is 8.32. The van der Waals surface area contributed by atoms with Gasteiger partial charge in [-0.3, -0.25) is 14.5 Å². The predicted molar refractivity (Wildman–Crippen MR) is 94.3 cm³/mol. The topological polar surface area (TPSA) is 55.8 Å². The van der Waals surface area contributed by atoms with Crippen LogP contribution in [0.1, 0.15) is 39.1 Å². The van der Waals surface area contributed by atoms with E-state index in [1.807, 2.05) is 18.2 Å². The maximum absolute atomic E-state index is 12.3. The first kappa shape index (κ1) is 17.0. The van der Waals surface area contributed by atoms with E-state index in [2.05, 4.69) is 0 Å². The lowest BCUT2D eigenvalue weighted by Gasteiger charge is -2.14. The summed E-state index contributed by atoms with van der Waals surface area (Å²) in [7, 11) is 3.28. The van der Waals surface area contributed by atoms with Crippen molar-refractivity contribution >= 4 is 11.8 Å². The molecule has 0 fully saturated rings. The van der Waals surface area contributed by atoms with Gasteiger partial charge in [-0.05, 0) is 55.2 Å². The molecule has 1 heterocycles. The third-order valence-corrected chi connectivity index (χ3v) is 4.44. The highest BCUT2D eigenvalue weighted by Crippen LogP contribution is 2.26. The zero-order valence-corrected chi connectivity index (χ0v) is 14.5. The normalized spacial score (nSPS) is 13.1. The fourth-order valence-electron chi connectivity index (χ4n) is 3.10. The molecule has 0 atom stereocenters. The average Bonchev–Trinajstić information content (AvgIpc) is 2.90. The van der Waals surface area contributed by atoms with Crippen LogP contribution < -0.4 is 9.47 Å². The van der Waals surface area contributed by atoms with Gasteiger partial charge in [0.15, 0.2) is 0 Å². The van der Waals surface area contributed by atoms with Gasteiger partial charge in [0.25, 0.3) is 11.8 Å². The molecule has 0 radical (unpaired) electrons. The Morgan fingerprint density at radius 3 is 2.16 bits per heavy atom. The van der Waals surface area contributed by atoms with Crippen molar-refractivity contribution in [3.63, 3.8) is 0 Å². The van der Waals surface area contributed by atoms with Crippen LogP contribution >= 0.6 is 0 Å². The second kappa shape index (κ2) is 7.38. The van der Waals surface area contributed by atoms with Gasteiger partial charge in [-0.15, -0.1) is 0 Å². The van der Waals surface area contributed by atoms with Crippen molar-refractivity contribution < 1.29 is 19.1 Å². The summed E-state index contributed by atoms with van der Waals surface area (Å²) < 4.78 is 10.6. The second-order valence-electron chi connectivity index (χ2n) is 5.94. The van der Waals surface area contributed by atoms with Crippen molar-refractivity contribution in [2.45, 2.75) is 19.3 Å². The van der Waals surface area contributed by atoms with Crippen LogP contribution in [0.5, 0.6) is 11.5 Å². The molecule has 0 aliphatic carbocycles. The molecular formula is C20H21NO4. The zero-order chi connectivity index (χ0) is 17.8. The van der Waals surface area contributed by atoms with Crippen LogP contribution in [0.25, 0.3) is 0 Å². The summed E-state index contributed by atoms with van der Waals surface area (Å²) in [4.78, 5) is 26.0. The number of carbonyl (C=O) groups is 2. The zero-order valence-electron chi connectivity index (χ0n) is 14.5. The number of unbranched alkanes of at least 4 members (excludes halogenated alkanes) is 1. The molecule has 3 rings (SSSR count). The minimum Gasteiger partial charge on any atom is -0.497 e. The molecule has 0 aromatic heterocycles. The van der Waals surface area contributed by atoms with Crippen molar-refractivity contribution in [3.8, 4) is 11.5 Å². The molecule has 0 N–H and O–H groups in total. The number of aryl methyl sites for hydroxylation is 1. The average molecular weight is 339 g/mol. The number of imide groups is 1. The first-order valence-corrected chi connectivity index (χ1v) is 8.32. The monoisotopic (exact) mass is 339 g/mol. The SMILES string of the molecule is COc1ccc(OC)c(CCCCN2C(=O)c3ccccc3C2=O)c1. The van der Waals surface area contributed by atoms with Gasteiger partial charge >= 0.3 is 0 Å². The Morgan fingerprint density at radius 1 is 0.880 bits per heavy atom. The molecule has 130 valence electrons. The van der Waals surface area contributed by atoms with E-state index in [1.54, 1.807) is 38.5 Å². The summed E-state index contributed by atoms with van der Waals surface area (Å²) in [6.45, 7) is 0.429. The van der Waals surface area contributed by atoms with Gasteiger partial charge in [0.2, 0.25) is 0 Å². The molecular weight excluding hydrogens is 318 g/mol. The molecule has 1 aliphatic heterocycles. The molecule has 0 saturated heterocycles. The Labute approximate surface area is 147 Å². The molecule has 2 aromatic carbocycles. The van der Waals surface area contributed by atoms with E-state index in [4.69, 9.17) is 9.47 Å². The van der Waals surface area contributed by atoms with E-state index in [0.717, 1.165) is 36.3 Å². The number of hydrogen-bond acceptors (Lipinski definition) is 4. The predicted octanol–water partition coefficient (Wildman–Crippen LogP) is 3.32. The maximum atomic E-state index is 12.3. The standard InChI is InChI=1S/C20H21NO4/c1-24-15-10-11-18(25-2)14(13-15)7-5-6-12-21-19(22)16-8-3-4-9-17(16)20(21)23/h3-4,8-11,13H,5-7,12H2,1-2H3. The fourth-order valence-corrected chi connectivity index (χ4v) is 3.10. The van der Waals surface area contributed by atoms with Crippen LogP contribution in [0.3, 0.4) is 0 Å². The molecule has 5 heteroatoms. The lowest BCUT2D eigenvalue weighted by atomic mass is 10.1.